The molecule has 0 fully saturated rings. The van der Waals surface area contributed by atoms with Crippen molar-refractivity contribution in [3.05, 3.63) is 125 Å². The smallest absolute Gasteiger partial charge is 0.329 e. The summed E-state index contributed by atoms with van der Waals surface area (Å²) in [6, 6.07) is 33.3. The number of esters is 1. The lowest BCUT2D eigenvalue weighted by Crippen LogP contribution is -2.53. The molecule has 2 N–H and O–H groups in total. The topological polar surface area (TPSA) is 76.7 Å². The molecule has 1 aliphatic carbocycles. The minimum Gasteiger partial charge on any atom is -0.489 e. The molecule has 0 saturated heterocycles. The minimum atomic E-state index is -0.841. The van der Waals surface area contributed by atoms with Gasteiger partial charge in [-0.3, -0.25) is 4.79 Å². The molecule has 0 aromatic heterocycles. The number of nitrogens with one attached hydrogen (secondary N) is 2. The lowest BCUT2D eigenvalue weighted by Gasteiger charge is -2.27. The normalized spacial score (nSPS) is 13.9. The van der Waals surface area contributed by atoms with Gasteiger partial charge >= 0.3 is 5.97 Å². The molecule has 6 heteroatoms. The molecule has 46 heavy (non-hydrogen) atoms. The van der Waals surface area contributed by atoms with Gasteiger partial charge in [0.25, 0.3) is 0 Å². The van der Waals surface area contributed by atoms with Gasteiger partial charge in [0.15, 0.2) is 0 Å². The van der Waals surface area contributed by atoms with E-state index in [-0.39, 0.29) is 17.7 Å². The molecule has 0 aliphatic heterocycles. The Labute approximate surface area is 273 Å². The van der Waals surface area contributed by atoms with Gasteiger partial charge in [0.2, 0.25) is 5.91 Å². The van der Waals surface area contributed by atoms with Crippen molar-refractivity contribution in [3.8, 4) is 16.9 Å². The zero-order valence-electron chi connectivity index (χ0n) is 27.6. The van der Waals surface area contributed by atoms with Crippen LogP contribution in [0.5, 0.6) is 5.75 Å². The van der Waals surface area contributed by atoms with Crippen LogP contribution in [0.2, 0.25) is 0 Å². The quantitative estimate of drug-likeness (QED) is 0.152. The van der Waals surface area contributed by atoms with Crippen LogP contribution in [0.15, 0.2) is 103 Å². The van der Waals surface area contributed by atoms with E-state index in [1.54, 1.807) is 0 Å². The maximum absolute atomic E-state index is 13.9. The largest absolute Gasteiger partial charge is 0.489 e. The number of ether oxygens (including phenoxy) is 2. The van der Waals surface area contributed by atoms with Crippen LogP contribution in [-0.4, -0.2) is 36.1 Å². The van der Waals surface area contributed by atoms with Gasteiger partial charge < -0.3 is 20.1 Å². The first kappa shape index (κ1) is 33.0. The zero-order chi connectivity index (χ0) is 32.7. The highest BCUT2D eigenvalue weighted by Crippen LogP contribution is 2.44. The Morgan fingerprint density at radius 3 is 1.91 bits per heavy atom. The number of hydrogen-bond acceptors (Lipinski definition) is 5. The van der Waals surface area contributed by atoms with Crippen molar-refractivity contribution in [2.24, 2.45) is 5.92 Å². The summed E-state index contributed by atoms with van der Waals surface area (Å²) in [5.74, 6) is 0.495. The molecule has 4 aromatic rings. The predicted molar refractivity (Wildman–Crippen MR) is 184 cm³/mol. The van der Waals surface area contributed by atoms with Crippen LogP contribution in [0.1, 0.15) is 69.2 Å². The summed E-state index contributed by atoms with van der Waals surface area (Å²) in [6.07, 6.45) is 0.938. The van der Waals surface area contributed by atoms with E-state index in [2.05, 4.69) is 73.0 Å². The molecule has 0 spiro atoms. The lowest BCUT2D eigenvalue weighted by atomic mass is 9.95. The van der Waals surface area contributed by atoms with Crippen molar-refractivity contribution in [1.29, 1.82) is 0 Å². The molecule has 0 heterocycles. The SMILES string of the molecule is CC(C)C[C@H](NCC1c2ccccc2-c2ccccc21)C(=O)N[C@H](Cc1ccc(OCc2ccccc2)cc1)C(=O)OC(C)(C)C. The third-order valence-electron chi connectivity index (χ3n) is 8.17. The summed E-state index contributed by atoms with van der Waals surface area (Å²) >= 11 is 0. The second kappa shape index (κ2) is 14.8. The van der Waals surface area contributed by atoms with Gasteiger partial charge in [0.05, 0.1) is 6.04 Å². The fraction of sp³-hybridized carbons (Fsp3) is 0.350. The minimum absolute atomic E-state index is 0.138. The van der Waals surface area contributed by atoms with Gasteiger partial charge in [-0.25, -0.2) is 4.79 Å². The molecular weight excluding hydrogens is 572 g/mol. The molecule has 0 radical (unpaired) electrons. The zero-order valence-corrected chi connectivity index (χ0v) is 27.6. The molecule has 6 nitrogen and oxygen atoms in total. The number of carbonyl (C=O) groups excluding carboxylic acids is 2. The Hall–Kier alpha value is -4.42. The first-order valence-corrected chi connectivity index (χ1v) is 16.3. The Balaban J connectivity index is 1.29. The maximum atomic E-state index is 13.9. The van der Waals surface area contributed by atoms with Gasteiger partial charge in [-0.2, -0.15) is 0 Å². The molecular formula is C40H46N2O4. The molecule has 1 aliphatic rings. The van der Waals surface area contributed by atoms with E-state index >= 15 is 0 Å². The van der Waals surface area contributed by atoms with Crippen molar-refractivity contribution >= 4 is 11.9 Å². The third kappa shape index (κ3) is 8.64. The molecule has 0 bridgehead atoms. The monoisotopic (exact) mass is 618 g/mol. The van der Waals surface area contributed by atoms with Crippen LogP contribution in [0, 0.1) is 5.92 Å². The average Bonchev–Trinajstić information content (AvgIpc) is 3.35. The average molecular weight is 619 g/mol. The number of carbonyl (C=O) groups is 2. The van der Waals surface area contributed by atoms with E-state index in [1.165, 1.54) is 22.3 Å². The van der Waals surface area contributed by atoms with Crippen molar-refractivity contribution < 1.29 is 19.1 Å². The van der Waals surface area contributed by atoms with E-state index < -0.39 is 23.7 Å². The standard InChI is InChI=1S/C40H46N2O4/c1-27(2)23-36(41-25-35-33-17-11-9-15-31(33)32-16-10-12-18-34(32)35)38(43)42-37(39(44)46-40(3,4)5)24-28-19-21-30(22-20-28)45-26-29-13-7-6-8-14-29/h6-22,27,35-37,41H,23-26H2,1-5H3,(H,42,43)/t36-,37+/m0/s1. The van der Waals surface area contributed by atoms with E-state index in [0.29, 0.717) is 26.0 Å². The highest BCUT2D eigenvalue weighted by molar-refractivity contribution is 5.88. The van der Waals surface area contributed by atoms with Gasteiger partial charge in [-0.15, -0.1) is 0 Å². The van der Waals surface area contributed by atoms with E-state index in [1.807, 2.05) is 75.4 Å². The molecule has 240 valence electrons. The van der Waals surface area contributed by atoms with Crippen LogP contribution in [0.3, 0.4) is 0 Å². The molecule has 4 aromatic carbocycles. The van der Waals surface area contributed by atoms with Crippen LogP contribution >= 0.6 is 0 Å². The molecule has 1 amide bonds. The van der Waals surface area contributed by atoms with Gasteiger partial charge in [-0.05, 0) is 78.6 Å². The predicted octanol–water partition coefficient (Wildman–Crippen LogP) is 7.45. The highest BCUT2D eigenvalue weighted by Gasteiger charge is 2.32. The van der Waals surface area contributed by atoms with E-state index in [9.17, 15) is 9.59 Å². The fourth-order valence-electron chi connectivity index (χ4n) is 6.03. The molecule has 0 saturated carbocycles. The molecule has 0 unspecified atom stereocenters. The summed E-state index contributed by atoms with van der Waals surface area (Å²) in [4.78, 5) is 27.3. The summed E-state index contributed by atoms with van der Waals surface area (Å²) in [6.45, 7) is 10.8. The summed E-state index contributed by atoms with van der Waals surface area (Å²) in [7, 11) is 0. The van der Waals surface area contributed by atoms with Gasteiger partial charge in [0, 0.05) is 18.9 Å². The Kier molecular flexibility index (Phi) is 10.6. The number of hydrogen-bond donors (Lipinski definition) is 2. The second-order valence-corrected chi connectivity index (χ2v) is 13.5. The Morgan fingerprint density at radius 1 is 0.739 bits per heavy atom. The highest BCUT2D eigenvalue weighted by atomic mass is 16.6. The van der Waals surface area contributed by atoms with Crippen LogP contribution in [0.25, 0.3) is 11.1 Å². The number of rotatable bonds is 13. The van der Waals surface area contributed by atoms with Gasteiger partial charge in [0.1, 0.15) is 24.0 Å². The first-order valence-electron chi connectivity index (χ1n) is 16.3. The second-order valence-electron chi connectivity index (χ2n) is 13.5. The van der Waals surface area contributed by atoms with Crippen molar-refractivity contribution in [3.63, 3.8) is 0 Å². The number of fused-ring (bicyclic) bond motifs is 3. The fourth-order valence-corrected chi connectivity index (χ4v) is 6.03. The third-order valence-corrected chi connectivity index (χ3v) is 8.17. The Morgan fingerprint density at radius 2 is 1.33 bits per heavy atom. The van der Waals surface area contributed by atoms with Gasteiger partial charge in [-0.1, -0.05) is 105 Å². The van der Waals surface area contributed by atoms with Crippen molar-refractivity contribution in [1.82, 2.24) is 10.6 Å². The number of benzene rings is 4. The van der Waals surface area contributed by atoms with E-state index in [0.717, 1.165) is 16.9 Å². The summed E-state index contributed by atoms with van der Waals surface area (Å²) in [5.41, 5.74) is 6.33. The van der Waals surface area contributed by atoms with E-state index in [4.69, 9.17) is 9.47 Å². The molecule has 5 rings (SSSR count). The Bertz CT molecular complexity index is 1560. The van der Waals surface area contributed by atoms with Crippen LogP contribution < -0.4 is 15.4 Å². The van der Waals surface area contributed by atoms with Crippen molar-refractivity contribution in [2.45, 2.75) is 77.7 Å². The van der Waals surface area contributed by atoms with Crippen LogP contribution in [0.4, 0.5) is 0 Å². The van der Waals surface area contributed by atoms with Crippen molar-refractivity contribution in [2.75, 3.05) is 6.54 Å². The lowest BCUT2D eigenvalue weighted by molar-refractivity contribution is -0.158. The number of amides is 1. The van der Waals surface area contributed by atoms with Crippen LogP contribution in [-0.2, 0) is 27.4 Å². The summed E-state index contributed by atoms with van der Waals surface area (Å²) < 4.78 is 11.7. The molecule has 2 atom stereocenters. The summed E-state index contributed by atoms with van der Waals surface area (Å²) in [5, 5.41) is 6.65. The first-order chi connectivity index (χ1) is 22.1. The maximum Gasteiger partial charge on any atom is 0.329 e.